The van der Waals surface area contributed by atoms with Gasteiger partial charge in [-0.3, -0.25) is 4.79 Å². The Balaban J connectivity index is 2.33. The van der Waals surface area contributed by atoms with Crippen LogP contribution < -0.4 is 10.1 Å². The summed E-state index contributed by atoms with van der Waals surface area (Å²) in [5, 5.41) is 2.62. The Morgan fingerprint density at radius 2 is 2.13 bits per heavy atom. The lowest BCUT2D eigenvalue weighted by Crippen LogP contribution is -2.28. The Labute approximate surface area is 97.3 Å². The number of hydrogen-bond acceptors (Lipinski definition) is 2. The van der Waals surface area contributed by atoms with Crippen LogP contribution in [0.25, 0.3) is 0 Å². The zero-order chi connectivity index (χ0) is 11.1. The summed E-state index contributed by atoms with van der Waals surface area (Å²) < 4.78 is 6.23. The number of carbonyl (C=O) groups excluding carboxylic acids is 1. The lowest BCUT2D eigenvalue weighted by molar-refractivity contribution is -0.122. The van der Waals surface area contributed by atoms with Gasteiger partial charge in [-0.1, -0.05) is 22.0 Å². The average Bonchev–Trinajstić information content (AvgIpc) is 2.25. The molecule has 0 aliphatic carbocycles. The van der Waals surface area contributed by atoms with Gasteiger partial charge >= 0.3 is 0 Å². The largest absolute Gasteiger partial charge is 0.484 e. The quantitative estimate of drug-likeness (QED) is 0.832. The topological polar surface area (TPSA) is 38.3 Å². The first-order valence-corrected chi connectivity index (χ1v) is 5.27. The molecule has 1 aromatic carbocycles. The van der Waals surface area contributed by atoms with Crippen LogP contribution in [0.15, 0.2) is 41.4 Å². The Morgan fingerprint density at radius 1 is 1.47 bits per heavy atom. The van der Waals surface area contributed by atoms with Crippen LogP contribution in [0.1, 0.15) is 0 Å². The minimum Gasteiger partial charge on any atom is -0.484 e. The third-order valence-corrected chi connectivity index (χ3v) is 2.16. The smallest absolute Gasteiger partial charge is 0.258 e. The van der Waals surface area contributed by atoms with E-state index in [0.29, 0.717) is 12.3 Å². The predicted molar refractivity (Wildman–Crippen MR) is 62.8 cm³/mol. The SMILES string of the molecule is C=CCNC(=O)COc1ccc(Br)cc1. The van der Waals surface area contributed by atoms with Crippen molar-refractivity contribution in [1.29, 1.82) is 0 Å². The minimum atomic E-state index is -0.155. The molecule has 0 radical (unpaired) electrons. The average molecular weight is 270 g/mol. The van der Waals surface area contributed by atoms with Crippen molar-refractivity contribution >= 4 is 21.8 Å². The summed E-state index contributed by atoms with van der Waals surface area (Å²) in [6.45, 7) is 3.98. The first-order valence-electron chi connectivity index (χ1n) is 4.48. The number of halogens is 1. The van der Waals surface area contributed by atoms with Gasteiger partial charge in [0, 0.05) is 11.0 Å². The highest BCUT2D eigenvalue weighted by atomic mass is 79.9. The zero-order valence-corrected chi connectivity index (χ0v) is 9.79. The monoisotopic (exact) mass is 269 g/mol. The highest BCUT2D eigenvalue weighted by Crippen LogP contribution is 2.15. The molecule has 0 saturated carbocycles. The van der Waals surface area contributed by atoms with Crippen molar-refractivity contribution in [2.75, 3.05) is 13.2 Å². The Hall–Kier alpha value is -1.29. The van der Waals surface area contributed by atoms with Crippen LogP contribution in [0.3, 0.4) is 0 Å². The molecule has 0 bridgehead atoms. The fourth-order valence-corrected chi connectivity index (χ4v) is 1.18. The van der Waals surface area contributed by atoms with E-state index in [-0.39, 0.29) is 12.5 Å². The molecular weight excluding hydrogens is 258 g/mol. The lowest BCUT2D eigenvalue weighted by atomic mass is 10.3. The van der Waals surface area contributed by atoms with Crippen LogP contribution in [0.2, 0.25) is 0 Å². The number of hydrogen-bond donors (Lipinski definition) is 1. The van der Waals surface area contributed by atoms with Crippen molar-refractivity contribution in [3.05, 3.63) is 41.4 Å². The summed E-state index contributed by atoms with van der Waals surface area (Å²) in [6, 6.07) is 7.31. The predicted octanol–water partition coefficient (Wildman–Crippen LogP) is 2.13. The van der Waals surface area contributed by atoms with Gasteiger partial charge in [-0.2, -0.15) is 0 Å². The number of rotatable bonds is 5. The van der Waals surface area contributed by atoms with Gasteiger partial charge in [0.1, 0.15) is 5.75 Å². The van der Waals surface area contributed by atoms with Gasteiger partial charge < -0.3 is 10.1 Å². The molecule has 80 valence electrons. The molecule has 0 heterocycles. The van der Waals surface area contributed by atoms with Crippen molar-refractivity contribution < 1.29 is 9.53 Å². The first kappa shape index (κ1) is 11.8. The molecule has 0 unspecified atom stereocenters. The zero-order valence-electron chi connectivity index (χ0n) is 8.20. The van der Waals surface area contributed by atoms with E-state index in [2.05, 4.69) is 27.8 Å². The van der Waals surface area contributed by atoms with Crippen LogP contribution in [0.4, 0.5) is 0 Å². The van der Waals surface area contributed by atoms with Crippen molar-refractivity contribution in [1.82, 2.24) is 5.32 Å². The van der Waals surface area contributed by atoms with Crippen LogP contribution in [0, 0.1) is 0 Å². The van der Waals surface area contributed by atoms with Gasteiger partial charge in [-0.05, 0) is 24.3 Å². The Bertz CT molecular complexity index is 335. The molecule has 15 heavy (non-hydrogen) atoms. The molecule has 0 spiro atoms. The number of nitrogens with one attached hydrogen (secondary N) is 1. The summed E-state index contributed by atoms with van der Waals surface area (Å²) in [6.07, 6.45) is 1.62. The summed E-state index contributed by atoms with van der Waals surface area (Å²) >= 11 is 3.31. The third kappa shape index (κ3) is 4.65. The standard InChI is InChI=1S/C11H12BrNO2/c1-2-7-13-11(14)8-15-10-5-3-9(12)4-6-10/h2-6H,1,7-8H2,(H,13,14). The Morgan fingerprint density at radius 3 is 2.73 bits per heavy atom. The Kier molecular flexibility index (Phi) is 4.90. The summed E-state index contributed by atoms with van der Waals surface area (Å²) in [7, 11) is 0. The number of ether oxygens (including phenoxy) is 1. The van der Waals surface area contributed by atoms with E-state index in [1.165, 1.54) is 0 Å². The normalized spacial score (nSPS) is 9.40. The van der Waals surface area contributed by atoms with Gasteiger partial charge in [-0.25, -0.2) is 0 Å². The molecule has 4 heteroatoms. The van der Waals surface area contributed by atoms with E-state index in [1.807, 2.05) is 12.1 Å². The maximum absolute atomic E-state index is 11.1. The van der Waals surface area contributed by atoms with Gasteiger partial charge in [0.2, 0.25) is 0 Å². The van der Waals surface area contributed by atoms with E-state index in [0.717, 1.165) is 4.47 Å². The maximum Gasteiger partial charge on any atom is 0.258 e. The van der Waals surface area contributed by atoms with Gasteiger partial charge in [0.05, 0.1) is 0 Å². The van der Waals surface area contributed by atoms with E-state index < -0.39 is 0 Å². The minimum absolute atomic E-state index is 0.0233. The third-order valence-electron chi connectivity index (χ3n) is 1.63. The molecule has 1 amide bonds. The van der Waals surface area contributed by atoms with E-state index >= 15 is 0 Å². The van der Waals surface area contributed by atoms with Crippen LogP contribution in [-0.4, -0.2) is 19.1 Å². The van der Waals surface area contributed by atoms with Crippen molar-refractivity contribution in [2.24, 2.45) is 0 Å². The molecule has 0 aromatic heterocycles. The van der Waals surface area contributed by atoms with Gasteiger partial charge in [0.15, 0.2) is 6.61 Å². The summed E-state index contributed by atoms with van der Waals surface area (Å²) in [5.41, 5.74) is 0. The highest BCUT2D eigenvalue weighted by Gasteiger charge is 2.00. The fraction of sp³-hybridized carbons (Fsp3) is 0.182. The highest BCUT2D eigenvalue weighted by molar-refractivity contribution is 9.10. The first-order chi connectivity index (χ1) is 7.22. The van der Waals surface area contributed by atoms with Crippen LogP contribution in [-0.2, 0) is 4.79 Å². The molecule has 0 aliphatic heterocycles. The summed E-state index contributed by atoms with van der Waals surface area (Å²) in [4.78, 5) is 11.1. The van der Waals surface area contributed by atoms with E-state index in [4.69, 9.17) is 4.74 Å². The molecule has 0 atom stereocenters. The molecule has 1 aromatic rings. The number of amides is 1. The molecule has 3 nitrogen and oxygen atoms in total. The van der Waals surface area contributed by atoms with Crippen molar-refractivity contribution in [3.63, 3.8) is 0 Å². The second-order valence-electron chi connectivity index (χ2n) is 2.84. The van der Waals surface area contributed by atoms with E-state index in [1.54, 1.807) is 18.2 Å². The molecule has 0 aliphatic rings. The fourth-order valence-electron chi connectivity index (χ4n) is 0.917. The molecular formula is C11H12BrNO2. The van der Waals surface area contributed by atoms with E-state index in [9.17, 15) is 4.79 Å². The molecule has 1 N–H and O–H groups in total. The molecule has 0 fully saturated rings. The maximum atomic E-state index is 11.1. The van der Waals surface area contributed by atoms with Crippen molar-refractivity contribution in [2.45, 2.75) is 0 Å². The van der Waals surface area contributed by atoms with Crippen LogP contribution >= 0.6 is 15.9 Å². The lowest BCUT2D eigenvalue weighted by Gasteiger charge is -2.05. The second kappa shape index (κ2) is 6.24. The molecule has 1 rings (SSSR count). The molecule has 0 saturated heterocycles. The second-order valence-corrected chi connectivity index (χ2v) is 3.75. The number of carbonyl (C=O) groups is 1. The van der Waals surface area contributed by atoms with Gasteiger partial charge in [0.25, 0.3) is 5.91 Å². The summed E-state index contributed by atoms with van der Waals surface area (Å²) in [5.74, 6) is 0.518. The number of benzene rings is 1. The van der Waals surface area contributed by atoms with Gasteiger partial charge in [-0.15, -0.1) is 6.58 Å². The van der Waals surface area contributed by atoms with Crippen LogP contribution in [0.5, 0.6) is 5.75 Å². The van der Waals surface area contributed by atoms with Crippen molar-refractivity contribution in [3.8, 4) is 5.75 Å².